The molecule has 2 amide bonds. The lowest BCUT2D eigenvalue weighted by atomic mass is 9.75. The lowest BCUT2D eigenvalue weighted by Gasteiger charge is -2.29. The predicted octanol–water partition coefficient (Wildman–Crippen LogP) is 3.45. The first-order chi connectivity index (χ1) is 18.1. The van der Waals surface area contributed by atoms with Crippen LogP contribution in [0.25, 0.3) is 5.69 Å². The second-order valence-electron chi connectivity index (χ2n) is 11.5. The monoisotopic (exact) mass is 525 g/mol. The summed E-state index contributed by atoms with van der Waals surface area (Å²) in [6, 6.07) is 5.52. The number of unbranched alkanes of at least 4 members (excludes halogenated alkanes) is 2. The highest BCUT2D eigenvalue weighted by atomic mass is 16.5. The van der Waals surface area contributed by atoms with E-state index in [-0.39, 0.29) is 29.8 Å². The molecule has 0 atom stereocenters. The maximum atomic E-state index is 13.3. The molecule has 4 rings (SSSR count). The summed E-state index contributed by atoms with van der Waals surface area (Å²) in [5.74, 6) is -0.841. The van der Waals surface area contributed by atoms with E-state index in [1.807, 2.05) is 16.8 Å². The van der Waals surface area contributed by atoms with Gasteiger partial charge in [0.05, 0.1) is 34.3 Å². The first-order valence-electron chi connectivity index (χ1n) is 13.5. The SMILES string of the molecule is CC1(C)CC(=O)c2c(CCCCCC(=O)NO)nn(-c3ccc(C(N)=O)c(NC4CCC(O)CC4)c3)c2C1. The van der Waals surface area contributed by atoms with E-state index in [0.29, 0.717) is 55.3 Å². The predicted molar refractivity (Wildman–Crippen MR) is 143 cm³/mol. The summed E-state index contributed by atoms with van der Waals surface area (Å²) >= 11 is 0. The maximum Gasteiger partial charge on any atom is 0.250 e. The van der Waals surface area contributed by atoms with Gasteiger partial charge in [-0.05, 0) is 75.0 Å². The van der Waals surface area contributed by atoms with Gasteiger partial charge >= 0.3 is 0 Å². The number of hydrogen-bond donors (Lipinski definition) is 5. The van der Waals surface area contributed by atoms with Gasteiger partial charge < -0.3 is 16.2 Å². The highest BCUT2D eigenvalue weighted by Gasteiger charge is 2.36. The van der Waals surface area contributed by atoms with Crippen molar-refractivity contribution in [2.75, 3.05) is 5.32 Å². The van der Waals surface area contributed by atoms with Crippen LogP contribution in [0.5, 0.6) is 0 Å². The van der Waals surface area contributed by atoms with Crippen molar-refractivity contribution in [2.45, 2.75) is 96.6 Å². The van der Waals surface area contributed by atoms with E-state index in [9.17, 15) is 19.5 Å². The zero-order valence-electron chi connectivity index (χ0n) is 22.3. The van der Waals surface area contributed by atoms with Gasteiger partial charge in [0, 0.05) is 24.6 Å². The minimum atomic E-state index is -0.524. The van der Waals surface area contributed by atoms with E-state index in [0.717, 1.165) is 42.8 Å². The fourth-order valence-corrected chi connectivity index (χ4v) is 5.67. The molecule has 0 bridgehead atoms. The van der Waals surface area contributed by atoms with E-state index in [4.69, 9.17) is 16.0 Å². The fraction of sp³-hybridized carbons (Fsp3) is 0.571. The Morgan fingerprint density at radius 2 is 1.87 bits per heavy atom. The molecule has 6 N–H and O–H groups in total. The van der Waals surface area contributed by atoms with Crippen LogP contribution in [-0.4, -0.2) is 49.8 Å². The molecule has 1 heterocycles. The number of anilines is 1. The Morgan fingerprint density at radius 3 is 2.55 bits per heavy atom. The zero-order chi connectivity index (χ0) is 27.4. The van der Waals surface area contributed by atoms with Gasteiger partial charge in [-0.25, -0.2) is 10.2 Å². The summed E-state index contributed by atoms with van der Waals surface area (Å²) in [5.41, 5.74) is 11.2. The topological polar surface area (TPSA) is 160 Å². The molecule has 0 aliphatic heterocycles. The Kier molecular flexibility index (Phi) is 8.52. The van der Waals surface area contributed by atoms with Crippen LogP contribution >= 0.6 is 0 Å². The largest absolute Gasteiger partial charge is 0.393 e. The normalized spacial score (nSPS) is 20.6. The number of nitrogens with one attached hydrogen (secondary N) is 2. The smallest absolute Gasteiger partial charge is 0.250 e. The number of aliphatic hydroxyl groups excluding tert-OH is 1. The second-order valence-corrected chi connectivity index (χ2v) is 11.5. The molecule has 1 aromatic carbocycles. The van der Waals surface area contributed by atoms with Crippen molar-refractivity contribution in [3.63, 3.8) is 0 Å². The molecule has 1 aromatic heterocycles. The quantitative estimate of drug-likeness (QED) is 0.180. The standard InChI is InChI=1S/C28H39N5O5/c1-28(2)15-23-26(24(35)16-28)21(6-4-3-5-7-25(36)32-38)31-33(23)18-10-13-20(27(29)37)22(14-18)30-17-8-11-19(34)12-9-17/h10,13-14,17,19,30,34,38H,3-9,11-12,15-16H2,1-2H3,(H2,29,37)(H,32,36). The number of hydroxylamine groups is 1. The van der Waals surface area contributed by atoms with Gasteiger partial charge in [-0.3, -0.25) is 19.6 Å². The number of ketones is 1. The number of hydrogen-bond acceptors (Lipinski definition) is 7. The molecule has 2 aromatic rings. The van der Waals surface area contributed by atoms with E-state index >= 15 is 0 Å². The van der Waals surface area contributed by atoms with Crippen molar-refractivity contribution < 1.29 is 24.7 Å². The van der Waals surface area contributed by atoms with Crippen LogP contribution in [0.2, 0.25) is 0 Å². The second kappa shape index (κ2) is 11.7. The minimum absolute atomic E-state index is 0.0880. The zero-order valence-corrected chi connectivity index (χ0v) is 22.3. The molecule has 10 heteroatoms. The molecule has 1 fully saturated rings. The summed E-state index contributed by atoms with van der Waals surface area (Å²) in [4.78, 5) is 36.7. The van der Waals surface area contributed by atoms with Crippen molar-refractivity contribution in [2.24, 2.45) is 11.1 Å². The van der Waals surface area contributed by atoms with Crippen LogP contribution in [0.15, 0.2) is 18.2 Å². The van der Waals surface area contributed by atoms with Crippen LogP contribution in [0.1, 0.15) is 104 Å². The molecule has 0 radical (unpaired) electrons. The first-order valence-corrected chi connectivity index (χ1v) is 13.5. The molecule has 0 unspecified atom stereocenters. The van der Waals surface area contributed by atoms with Gasteiger partial charge in [-0.2, -0.15) is 5.10 Å². The molecule has 2 aliphatic rings. The van der Waals surface area contributed by atoms with Gasteiger partial charge in [0.2, 0.25) is 5.91 Å². The van der Waals surface area contributed by atoms with Gasteiger partial charge in [-0.15, -0.1) is 0 Å². The third kappa shape index (κ3) is 6.42. The van der Waals surface area contributed by atoms with Gasteiger partial charge in [0.25, 0.3) is 5.91 Å². The van der Waals surface area contributed by atoms with Crippen LogP contribution in [0.3, 0.4) is 0 Å². The third-order valence-corrected chi connectivity index (χ3v) is 7.63. The number of rotatable bonds is 10. The maximum absolute atomic E-state index is 13.3. The Hall–Kier alpha value is -3.24. The van der Waals surface area contributed by atoms with Crippen LogP contribution in [-0.2, 0) is 17.6 Å². The number of carbonyl (C=O) groups is 3. The number of benzene rings is 1. The minimum Gasteiger partial charge on any atom is -0.393 e. The number of fused-ring (bicyclic) bond motifs is 1. The fourth-order valence-electron chi connectivity index (χ4n) is 5.67. The molecule has 0 saturated heterocycles. The van der Waals surface area contributed by atoms with E-state index < -0.39 is 11.8 Å². The van der Waals surface area contributed by atoms with E-state index in [1.54, 1.807) is 11.5 Å². The number of nitrogens with zero attached hydrogens (tertiary/aromatic N) is 2. The van der Waals surface area contributed by atoms with Crippen molar-refractivity contribution in [1.29, 1.82) is 0 Å². The van der Waals surface area contributed by atoms with Crippen molar-refractivity contribution in [1.82, 2.24) is 15.3 Å². The Balaban J connectivity index is 1.64. The number of aromatic nitrogens is 2. The summed E-state index contributed by atoms with van der Waals surface area (Å²) in [6.07, 6.45) is 6.91. The summed E-state index contributed by atoms with van der Waals surface area (Å²) in [7, 11) is 0. The highest BCUT2D eigenvalue weighted by molar-refractivity contribution is 6.00. The number of aliphatic hydroxyl groups is 1. The number of nitrogens with two attached hydrogens (primary N) is 1. The Labute approximate surface area is 222 Å². The number of aryl methyl sites for hydroxylation is 1. The van der Waals surface area contributed by atoms with E-state index in [1.165, 1.54) is 0 Å². The van der Waals surface area contributed by atoms with E-state index in [2.05, 4.69) is 19.2 Å². The number of primary amides is 1. The average Bonchev–Trinajstić information content (AvgIpc) is 3.22. The third-order valence-electron chi connectivity index (χ3n) is 7.63. The summed E-state index contributed by atoms with van der Waals surface area (Å²) < 4.78 is 1.84. The summed E-state index contributed by atoms with van der Waals surface area (Å²) in [6.45, 7) is 4.16. The van der Waals surface area contributed by atoms with Crippen molar-refractivity contribution in [3.05, 3.63) is 40.7 Å². The van der Waals surface area contributed by atoms with Crippen LogP contribution in [0.4, 0.5) is 5.69 Å². The molecule has 38 heavy (non-hydrogen) atoms. The lowest BCUT2D eigenvalue weighted by molar-refractivity contribution is -0.129. The molecular formula is C28H39N5O5. The summed E-state index contributed by atoms with van der Waals surface area (Å²) in [5, 5.41) is 26.9. The molecule has 0 spiro atoms. The lowest BCUT2D eigenvalue weighted by Crippen LogP contribution is -2.29. The number of Topliss-reactive ketones (excluding diaryl/α,β-unsaturated/α-hetero) is 1. The molecule has 10 nitrogen and oxygen atoms in total. The Morgan fingerprint density at radius 1 is 1.13 bits per heavy atom. The first kappa shape index (κ1) is 27.8. The van der Waals surface area contributed by atoms with Crippen molar-refractivity contribution in [3.8, 4) is 5.69 Å². The molecule has 2 aliphatic carbocycles. The molecular weight excluding hydrogens is 486 g/mol. The average molecular weight is 526 g/mol. The van der Waals surface area contributed by atoms with Gasteiger partial charge in [0.15, 0.2) is 5.78 Å². The van der Waals surface area contributed by atoms with Crippen molar-refractivity contribution >= 4 is 23.3 Å². The van der Waals surface area contributed by atoms with Gasteiger partial charge in [-0.1, -0.05) is 20.3 Å². The molecule has 1 saturated carbocycles. The number of carbonyl (C=O) groups excluding carboxylic acids is 3. The number of amides is 2. The van der Waals surface area contributed by atoms with Gasteiger partial charge in [0.1, 0.15) is 0 Å². The highest BCUT2D eigenvalue weighted by Crippen LogP contribution is 2.38. The Bertz CT molecular complexity index is 1200. The molecule has 206 valence electrons. The van der Waals surface area contributed by atoms with Crippen LogP contribution < -0.4 is 16.5 Å². The van der Waals surface area contributed by atoms with Crippen LogP contribution in [0, 0.1) is 5.41 Å².